The molecule has 1 saturated heterocycles. The van der Waals surface area contributed by atoms with Gasteiger partial charge in [0.25, 0.3) is 0 Å². The molecule has 1 aliphatic rings. The minimum atomic E-state index is -0.351. The molecule has 72 valence electrons. The smallest absolute Gasteiger partial charge is 0.0751 e. The number of nitrogens with zero attached hydrogens (tertiary/aromatic N) is 2. The van der Waals surface area contributed by atoms with Gasteiger partial charge in [-0.3, -0.25) is 0 Å². The summed E-state index contributed by atoms with van der Waals surface area (Å²) in [4.78, 5) is 0. The Morgan fingerprint density at radius 1 is 1.42 bits per heavy atom. The van der Waals surface area contributed by atoms with Crippen LogP contribution in [-0.4, -0.2) is 34.6 Å². The van der Waals surface area contributed by atoms with Crippen LogP contribution in [0, 0.1) is 11.1 Å². The van der Waals surface area contributed by atoms with Crippen LogP contribution in [-0.2, 0) is 0 Å². The van der Waals surface area contributed by atoms with E-state index in [1.54, 1.807) is 0 Å². The fraction of sp³-hybridized carbons (Fsp3) is 1.00. The Morgan fingerprint density at radius 3 is 2.50 bits per heavy atom. The van der Waals surface area contributed by atoms with Crippen molar-refractivity contribution < 1.29 is 5.21 Å². The minimum Gasteiger partial charge on any atom is -0.784 e. The topological polar surface area (TPSA) is 49.8 Å². The van der Waals surface area contributed by atoms with Gasteiger partial charge in [0.15, 0.2) is 0 Å². The second-order valence-electron chi connectivity index (χ2n) is 3.71. The summed E-state index contributed by atoms with van der Waals surface area (Å²) in [6, 6.07) is 0.0124. The SMILES string of the molecule is CC1CCC(N(C)O)N([O-])C1C. The summed E-state index contributed by atoms with van der Waals surface area (Å²) in [7, 11) is 1.53. The second-order valence-corrected chi connectivity index (χ2v) is 3.71. The molecule has 1 aliphatic heterocycles. The van der Waals surface area contributed by atoms with Gasteiger partial charge in [-0.25, -0.2) is 0 Å². The van der Waals surface area contributed by atoms with Gasteiger partial charge in [-0.15, -0.1) is 0 Å². The molecule has 4 nitrogen and oxygen atoms in total. The highest BCUT2D eigenvalue weighted by Crippen LogP contribution is 2.27. The standard InChI is InChI=1S/C8H17N2O2/c1-6-4-5-8(9(3)11)10(12)7(6)2/h6-8,11H,4-5H2,1-3H3/q-1. The molecule has 0 spiro atoms. The van der Waals surface area contributed by atoms with Crippen LogP contribution in [0.1, 0.15) is 26.7 Å². The number of hydrogen-bond donors (Lipinski definition) is 1. The van der Waals surface area contributed by atoms with Crippen molar-refractivity contribution >= 4 is 0 Å². The fourth-order valence-electron chi connectivity index (χ4n) is 1.65. The molecule has 1 N–H and O–H groups in total. The summed E-state index contributed by atoms with van der Waals surface area (Å²) in [5, 5.41) is 22.6. The van der Waals surface area contributed by atoms with E-state index in [0.717, 1.165) is 23.0 Å². The van der Waals surface area contributed by atoms with Gasteiger partial charge in [0.2, 0.25) is 0 Å². The maximum absolute atomic E-state index is 11.5. The van der Waals surface area contributed by atoms with Crippen LogP contribution in [0.3, 0.4) is 0 Å². The number of hydroxylamine groups is 4. The van der Waals surface area contributed by atoms with Crippen LogP contribution >= 0.6 is 0 Å². The second kappa shape index (κ2) is 3.70. The predicted molar refractivity (Wildman–Crippen MR) is 46.4 cm³/mol. The van der Waals surface area contributed by atoms with Crippen molar-refractivity contribution in [2.75, 3.05) is 7.05 Å². The molecule has 0 aromatic heterocycles. The molecule has 0 bridgehead atoms. The first kappa shape index (κ1) is 9.92. The number of piperidine rings is 1. The summed E-state index contributed by atoms with van der Waals surface area (Å²) in [5.74, 6) is 0.429. The number of hydrogen-bond acceptors (Lipinski definition) is 4. The average Bonchev–Trinajstić information content (AvgIpc) is 2.00. The first-order chi connectivity index (χ1) is 5.54. The third kappa shape index (κ3) is 1.77. The van der Waals surface area contributed by atoms with Crippen molar-refractivity contribution in [3.63, 3.8) is 0 Å². The van der Waals surface area contributed by atoms with E-state index in [1.165, 1.54) is 7.05 Å². The van der Waals surface area contributed by atoms with E-state index in [4.69, 9.17) is 5.21 Å². The van der Waals surface area contributed by atoms with Gasteiger partial charge in [-0.05, 0) is 24.8 Å². The highest BCUT2D eigenvalue weighted by atomic mass is 16.5. The van der Waals surface area contributed by atoms with Crippen molar-refractivity contribution in [1.29, 1.82) is 0 Å². The van der Waals surface area contributed by atoms with E-state index in [9.17, 15) is 5.21 Å². The van der Waals surface area contributed by atoms with Gasteiger partial charge in [0.05, 0.1) is 6.17 Å². The van der Waals surface area contributed by atoms with Crippen molar-refractivity contribution in [2.45, 2.75) is 38.9 Å². The van der Waals surface area contributed by atoms with Crippen LogP contribution in [0.5, 0.6) is 0 Å². The van der Waals surface area contributed by atoms with E-state index < -0.39 is 0 Å². The highest BCUT2D eigenvalue weighted by molar-refractivity contribution is 4.83. The lowest BCUT2D eigenvalue weighted by atomic mass is 9.92. The molecule has 3 unspecified atom stereocenters. The third-order valence-electron chi connectivity index (χ3n) is 2.83. The lowest BCUT2D eigenvalue weighted by Gasteiger charge is -2.50. The van der Waals surface area contributed by atoms with Gasteiger partial charge in [0, 0.05) is 7.05 Å². The highest BCUT2D eigenvalue weighted by Gasteiger charge is 2.27. The normalized spacial score (nSPS) is 39.0. The van der Waals surface area contributed by atoms with Crippen LogP contribution in [0.25, 0.3) is 0 Å². The summed E-state index contributed by atoms with van der Waals surface area (Å²) in [6.07, 6.45) is 1.41. The molecule has 0 aromatic carbocycles. The monoisotopic (exact) mass is 173 g/mol. The molecule has 0 radical (unpaired) electrons. The molecule has 0 aliphatic carbocycles. The van der Waals surface area contributed by atoms with Crippen LogP contribution in [0.2, 0.25) is 0 Å². The van der Waals surface area contributed by atoms with Gasteiger partial charge < -0.3 is 15.5 Å². The van der Waals surface area contributed by atoms with E-state index >= 15 is 0 Å². The van der Waals surface area contributed by atoms with E-state index in [0.29, 0.717) is 5.92 Å². The van der Waals surface area contributed by atoms with Gasteiger partial charge >= 0.3 is 0 Å². The molecule has 1 fully saturated rings. The van der Waals surface area contributed by atoms with Crippen LogP contribution < -0.4 is 0 Å². The summed E-state index contributed by atoms with van der Waals surface area (Å²) in [5.41, 5.74) is 0. The summed E-state index contributed by atoms with van der Waals surface area (Å²) < 4.78 is 0. The van der Waals surface area contributed by atoms with Gasteiger partial charge in [-0.2, -0.15) is 5.06 Å². The Balaban J connectivity index is 2.58. The third-order valence-corrected chi connectivity index (χ3v) is 2.83. The Labute approximate surface area is 73.3 Å². The maximum atomic E-state index is 11.5. The Morgan fingerprint density at radius 2 is 2.00 bits per heavy atom. The Bertz CT molecular complexity index is 152. The number of rotatable bonds is 1. The van der Waals surface area contributed by atoms with Crippen molar-refractivity contribution in [2.24, 2.45) is 5.92 Å². The molecule has 3 atom stereocenters. The first-order valence-corrected chi connectivity index (χ1v) is 4.41. The van der Waals surface area contributed by atoms with Crippen molar-refractivity contribution in [1.82, 2.24) is 10.1 Å². The quantitative estimate of drug-likeness (QED) is 0.606. The van der Waals surface area contributed by atoms with Crippen molar-refractivity contribution in [3.8, 4) is 0 Å². The molecule has 0 saturated carbocycles. The van der Waals surface area contributed by atoms with Crippen molar-refractivity contribution in [3.05, 3.63) is 5.21 Å². The molecule has 12 heavy (non-hydrogen) atoms. The summed E-state index contributed by atoms with van der Waals surface area (Å²) >= 11 is 0. The fourth-order valence-corrected chi connectivity index (χ4v) is 1.65. The zero-order valence-corrected chi connectivity index (χ0v) is 7.90. The average molecular weight is 173 g/mol. The van der Waals surface area contributed by atoms with E-state index in [1.807, 2.05) is 6.92 Å². The van der Waals surface area contributed by atoms with Crippen LogP contribution in [0.15, 0.2) is 0 Å². The largest absolute Gasteiger partial charge is 0.784 e. The molecular formula is C8H17N2O2-. The molecule has 4 heteroatoms. The molecule has 1 heterocycles. The lowest BCUT2D eigenvalue weighted by molar-refractivity contribution is -0.164. The Hall–Kier alpha value is -0.160. The zero-order chi connectivity index (χ0) is 9.30. The maximum Gasteiger partial charge on any atom is 0.0751 e. The zero-order valence-electron chi connectivity index (χ0n) is 7.90. The van der Waals surface area contributed by atoms with Crippen LogP contribution in [0.4, 0.5) is 0 Å². The predicted octanol–water partition coefficient (Wildman–Crippen LogP) is 1.25. The lowest BCUT2D eigenvalue weighted by Crippen LogP contribution is -2.51. The first-order valence-electron chi connectivity index (χ1n) is 4.41. The minimum absolute atomic E-state index is 0.0124. The van der Waals surface area contributed by atoms with E-state index in [-0.39, 0.29) is 12.2 Å². The molecule has 1 rings (SSSR count). The molecule has 0 amide bonds. The van der Waals surface area contributed by atoms with Gasteiger partial charge in [-0.1, -0.05) is 13.8 Å². The van der Waals surface area contributed by atoms with Gasteiger partial charge in [0.1, 0.15) is 0 Å². The summed E-state index contributed by atoms with van der Waals surface area (Å²) in [6.45, 7) is 3.98. The Kier molecular flexibility index (Phi) is 3.06. The molecular weight excluding hydrogens is 156 g/mol. The molecule has 0 aromatic rings. The van der Waals surface area contributed by atoms with E-state index in [2.05, 4.69) is 6.92 Å².